The van der Waals surface area contributed by atoms with E-state index >= 15 is 0 Å². The van der Waals surface area contributed by atoms with Crippen LogP contribution in [0.1, 0.15) is 30.0 Å². The molecule has 0 spiro atoms. The van der Waals surface area contributed by atoms with Gasteiger partial charge >= 0.3 is 0 Å². The SMILES string of the molecule is CC(C)[C@@H](NC(=O)c1ccco1)C(=O)Nc1ccc(N2CCN(Cc3ccccc3)CC2)cc1. The number of nitrogens with one attached hydrogen (secondary N) is 2. The fourth-order valence-corrected chi connectivity index (χ4v) is 4.14. The summed E-state index contributed by atoms with van der Waals surface area (Å²) in [6, 6.07) is 21.0. The molecule has 0 aliphatic carbocycles. The molecule has 2 heterocycles. The van der Waals surface area contributed by atoms with Crippen LogP contribution in [-0.2, 0) is 11.3 Å². The maximum atomic E-state index is 12.9. The van der Waals surface area contributed by atoms with Gasteiger partial charge in [0.25, 0.3) is 5.91 Å². The number of amides is 2. The second-order valence-corrected chi connectivity index (χ2v) is 8.96. The van der Waals surface area contributed by atoms with Gasteiger partial charge in [-0.05, 0) is 47.9 Å². The number of rotatable bonds is 8. The molecule has 2 aromatic carbocycles. The summed E-state index contributed by atoms with van der Waals surface area (Å²) in [7, 11) is 0. The summed E-state index contributed by atoms with van der Waals surface area (Å²) in [5, 5.41) is 5.69. The lowest BCUT2D eigenvalue weighted by molar-refractivity contribution is -0.118. The van der Waals surface area contributed by atoms with E-state index in [1.165, 1.54) is 11.8 Å². The summed E-state index contributed by atoms with van der Waals surface area (Å²) >= 11 is 0. The second kappa shape index (κ2) is 11.0. The third kappa shape index (κ3) is 6.05. The molecule has 1 aliphatic heterocycles. The Labute approximate surface area is 200 Å². The van der Waals surface area contributed by atoms with Gasteiger partial charge in [-0.3, -0.25) is 14.5 Å². The van der Waals surface area contributed by atoms with Gasteiger partial charge in [0.05, 0.1) is 6.26 Å². The number of benzene rings is 2. The lowest BCUT2D eigenvalue weighted by Gasteiger charge is -2.36. The molecule has 1 fully saturated rings. The molecule has 2 N–H and O–H groups in total. The zero-order valence-electron chi connectivity index (χ0n) is 19.7. The standard InChI is InChI=1S/C27H32N4O3/c1-20(2)25(29-26(32)24-9-6-18-34-24)27(33)28-22-10-12-23(13-11-22)31-16-14-30(15-17-31)19-21-7-4-3-5-8-21/h3-13,18,20,25H,14-17,19H2,1-2H3,(H,28,33)(H,29,32)/t25-/m1/s1. The number of anilines is 2. The Morgan fingerprint density at radius 2 is 1.62 bits per heavy atom. The van der Waals surface area contributed by atoms with E-state index in [-0.39, 0.29) is 17.6 Å². The zero-order valence-corrected chi connectivity index (χ0v) is 19.7. The smallest absolute Gasteiger partial charge is 0.287 e. The summed E-state index contributed by atoms with van der Waals surface area (Å²) < 4.78 is 5.13. The minimum Gasteiger partial charge on any atom is -0.459 e. The average Bonchev–Trinajstić information content (AvgIpc) is 3.39. The van der Waals surface area contributed by atoms with Crippen LogP contribution in [0.2, 0.25) is 0 Å². The zero-order chi connectivity index (χ0) is 23.9. The normalized spacial score (nSPS) is 15.2. The van der Waals surface area contributed by atoms with Crippen molar-refractivity contribution in [2.45, 2.75) is 26.4 Å². The van der Waals surface area contributed by atoms with E-state index in [0.717, 1.165) is 38.4 Å². The number of nitrogens with zero attached hydrogens (tertiary/aromatic N) is 2. The molecule has 0 unspecified atom stereocenters. The van der Waals surface area contributed by atoms with Crippen molar-refractivity contribution in [1.82, 2.24) is 10.2 Å². The highest BCUT2D eigenvalue weighted by molar-refractivity contribution is 6.00. The van der Waals surface area contributed by atoms with Crippen LogP contribution in [0.3, 0.4) is 0 Å². The Kier molecular flexibility index (Phi) is 7.65. The first-order valence-corrected chi connectivity index (χ1v) is 11.8. The highest BCUT2D eigenvalue weighted by Crippen LogP contribution is 2.21. The van der Waals surface area contributed by atoms with Crippen LogP contribution in [0.5, 0.6) is 0 Å². The summed E-state index contributed by atoms with van der Waals surface area (Å²) in [4.78, 5) is 30.0. The van der Waals surface area contributed by atoms with Crippen LogP contribution >= 0.6 is 0 Å². The molecule has 3 aromatic rings. The average molecular weight is 461 g/mol. The molecule has 7 nitrogen and oxygen atoms in total. The van der Waals surface area contributed by atoms with Crippen molar-refractivity contribution in [2.24, 2.45) is 5.92 Å². The number of hydrogen-bond acceptors (Lipinski definition) is 5. The van der Waals surface area contributed by atoms with Crippen molar-refractivity contribution in [1.29, 1.82) is 0 Å². The molecule has 1 atom stereocenters. The van der Waals surface area contributed by atoms with E-state index < -0.39 is 11.9 Å². The minimum absolute atomic E-state index is 0.0784. The Bertz CT molecular complexity index is 1060. The molecule has 7 heteroatoms. The molecular formula is C27H32N4O3. The molecule has 0 radical (unpaired) electrons. The predicted molar refractivity (Wildman–Crippen MR) is 134 cm³/mol. The Morgan fingerprint density at radius 3 is 2.24 bits per heavy atom. The molecule has 1 saturated heterocycles. The molecule has 178 valence electrons. The Morgan fingerprint density at radius 1 is 0.912 bits per heavy atom. The Balaban J connectivity index is 1.29. The van der Waals surface area contributed by atoms with Gasteiger partial charge in [0, 0.05) is 44.1 Å². The van der Waals surface area contributed by atoms with Gasteiger partial charge in [-0.2, -0.15) is 0 Å². The van der Waals surface area contributed by atoms with Crippen molar-refractivity contribution >= 4 is 23.2 Å². The van der Waals surface area contributed by atoms with Gasteiger partial charge in [-0.25, -0.2) is 0 Å². The monoisotopic (exact) mass is 460 g/mol. The third-order valence-corrected chi connectivity index (χ3v) is 6.10. The molecule has 1 aromatic heterocycles. The summed E-state index contributed by atoms with van der Waals surface area (Å²) in [6.45, 7) is 8.73. The summed E-state index contributed by atoms with van der Waals surface area (Å²) in [6.07, 6.45) is 1.43. The largest absolute Gasteiger partial charge is 0.459 e. The number of carbonyl (C=O) groups is 2. The van der Waals surface area contributed by atoms with Gasteiger partial charge < -0.3 is 20.0 Å². The van der Waals surface area contributed by atoms with Crippen molar-refractivity contribution in [3.63, 3.8) is 0 Å². The number of piperazine rings is 1. The van der Waals surface area contributed by atoms with Crippen LogP contribution < -0.4 is 15.5 Å². The van der Waals surface area contributed by atoms with E-state index in [1.807, 2.05) is 44.2 Å². The van der Waals surface area contributed by atoms with E-state index in [1.54, 1.807) is 12.1 Å². The molecule has 0 bridgehead atoms. The van der Waals surface area contributed by atoms with Crippen LogP contribution in [0.15, 0.2) is 77.4 Å². The topological polar surface area (TPSA) is 77.8 Å². The first-order valence-electron chi connectivity index (χ1n) is 11.8. The first-order chi connectivity index (χ1) is 16.5. The lowest BCUT2D eigenvalue weighted by atomic mass is 10.0. The van der Waals surface area contributed by atoms with Crippen molar-refractivity contribution in [3.8, 4) is 0 Å². The molecule has 34 heavy (non-hydrogen) atoms. The fourth-order valence-electron chi connectivity index (χ4n) is 4.14. The van der Waals surface area contributed by atoms with Crippen LogP contribution in [-0.4, -0.2) is 48.9 Å². The maximum Gasteiger partial charge on any atom is 0.287 e. The van der Waals surface area contributed by atoms with Crippen LogP contribution in [0.25, 0.3) is 0 Å². The van der Waals surface area contributed by atoms with Gasteiger partial charge in [0.15, 0.2) is 5.76 Å². The van der Waals surface area contributed by atoms with Crippen LogP contribution in [0, 0.1) is 5.92 Å². The van der Waals surface area contributed by atoms with E-state index in [0.29, 0.717) is 5.69 Å². The molecule has 4 rings (SSSR count). The maximum absolute atomic E-state index is 12.9. The highest BCUT2D eigenvalue weighted by atomic mass is 16.3. The molecule has 1 aliphatic rings. The third-order valence-electron chi connectivity index (χ3n) is 6.10. The minimum atomic E-state index is -0.671. The van der Waals surface area contributed by atoms with Gasteiger partial charge in [0.2, 0.25) is 5.91 Å². The lowest BCUT2D eigenvalue weighted by Crippen LogP contribution is -2.47. The second-order valence-electron chi connectivity index (χ2n) is 8.96. The van der Waals surface area contributed by atoms with Crippen molar-refractivity contribution < 1.29 is 14.0 Å². The van der Waals surface area contributed by atoms with Crippen molar-refractivity contribution in [2.75, 3.05) is 36.4 Å². The highest BCUT2D eigenvalue weighted by Gasteiger charge is 2.26. The summed E-state index contributed by atoms with van der Waals surface area (Å²) in [5.74, 6) is -0.546. The molecule has 2 amide bonds. The molecule has 0 saturated carbocycles. The fraction of sp³-hybridized carbons (Fsp3) is 0.333. The van der Waals surface area contributed by atoms with E-state index in [2.05, 4.69) is 44.7 Å². The molecular weight excluding hydrogens is 428 g/mol. The number of carbonyl (C=O) groups excluding carboxylic acids is 2. The van der Waals surface area contributed by atoms with Crippen molar-refractivity contribution in [3.05, 3.63) is 84.3 Å². The summed E-state index contributed by atoms with van der Waals surface area (Å²) in [5.41, 5.74) is 3.19. The number of hydrogen-bond donors (Lipinski definition) is 2. The van der Waals surface area contributed by atoms with Crippen LogP contribution in [0.4, 0.5) is 11.4 Å². The Hall–Kier alpha value is -3.58. The quantitative estimate of drug-likeness (QED) is 0.531. The number of furan rings is 1. The predicted octanol–water partition coefficient (Wildman–Crippen LogP) is 3.99. The first kappa shape index (κ1) is 23.6. The van der Waals surface area contributed by atoms with Gasteiger partial charge in [-0.1, -0.05) is 44.2 Å². The van der Waals surface area contributed by atoms with E-state index in [9.17, 15) is 9.59 Å². The van der Waals surface area contributed by atoms with E-state index in [4.69, 9.17) is 4.42 Å². The van der Waals surface area contributed by atoms with Gasteiger partial charge in [0.1, 0.15) is 6.04 Å². The van der Waals surface area contributed by atoms with Gasteiger partial charge in [-0.15, -0.1) is 0 Å².